The van der Waals surface area contributed by atoms with Gasteiger partial charge in [0.15, 0.2) is 5.78 Å². The Morgan fingerprint density at radius 3 is 2.38 bits per heavy atom. The summed E-state index contributed by atoms with van der Waals surface area (Å²) in [6.07, 6.45) is -0.526. The quantitative estimate of drug-likeness (QED) is 0.846. The Kier molecular flexibility index (Phi) is 4.25. The molecule has 0 spiro atoms. The van der Waals surface area contributed by atoms with Crippen LogP contribution in [-0.4, -0.2) is 17.0 Å². The highest BCUT2D eigenvalue weighted by molar-refractivity contribution is 5.85. The van der Waals surface area contributed by atoms with Crippen LogP contribution in [0.5, 0.6) is 0 Å². The van der Waals surface area contributed by atoms with Crippen molar-refractivity contribution in [2.75, 3.05) is 0 Å². The molecule has 0 aliphatic rings. The minimum Gasteiger partial charge on any atom is -0.385 e. The predicted octanol–water partition coefficient (Wildman–Crippen LogP) is 2.43. The fourth-order valence-corrected chi connectivity index (χ4v) is 1.59. The third-order valence-corrected chi connectivity index (χ3v) is 2.91. The Hall–Kier alpha value is -1.15. The SMILES string of the molecule is Cc1ccc(CC(=O)C(O)C(C)C)cc1C. The van der Waals surface area contributed by atoms with Gasteiger partial charge in [0.05, 0.1) is 0 Å². The number of carbonyl (C=O) groups excluding carboxylic acids is 1. The van der Waals surface area contributed by atoms with Crippen molar-refractivity contribution in [3.63, 3.8) is 0 Å². The topological polar surface area (TPSA) is 37.3 Å². The third kappa shape index (κ3) is 3.17. The summed E-state index contributed by atoms with van der Waals surface area (Å²) in [5.41, 5.74) is 3.39. The van der Waals surface area contributed by atoms with Crippen molar-refractivity contribution in [2.24, 2.45) is 5.92 Å². The van der Waals surface area contributed by atoms with Gasteiger partial charge in [-0.15, -0.1) is 0 Å². The van der Waals surface area contributed by atoms with Gasteiger partial charge >= 0.3 is 0 Å². The highest BCUT2D eigenvalue weighted by Gasteiger charge is 2.18. The maximum atomic E-state index is 11.7. The second-order valence-electron chi connectivity index (χ2n) is 4.75. The number of hydrogen-bond acceptors (Lipinski definition) is 2. The van der Waals surface area contributed by atoms with Crippen LogP contribution < -0.4 is 0 Å². The van der Waals surface area contributed by atoms with Gasteiger partial charge in [0.2, 0.25) is 0 Å². The average molecular weight is 220 g/mol. The largest absolute Gasteiger partial charge is 0.385 e. The van der Waals surface area contributed by atoms with Gasteiger partial charge in [0.25, 0.3) is 0 Å². The molecule has 88 valence electrons. The average Bonchev–Trinajstić information content (AvgIpc) is 2.22. The van der Waals surface area contributed by atoms with Crippen LogP contribution in [0.4, 0.5) is 0 Å². The Balaban J connectivity index is 2.74. The van der Waals surface area contributed by atoms with E-state index in [1.54, 1.807) is 0 Å². The molecule has 0 aliphatic heterocycles. The lowest BCUT2D eigenvalue weighted by atomic mass is 9.96. The lowest BCUT2D eigenvalue weighted by Crippen LogP contribution is -2.27. The lowest BCUT2D eigenvalue weighted by molar-refractivity contribution is -0.128. The minimum atomic E-state index is -0.846. The van der Waals surface area contributed by atoms with E-state index in [0.29, 0.717) is 6.42 Å². The second-order valence-corrected chi connectivity index (χ2v) is 4.75. The van der Waals surface area contributed by atoms with E-state index >= 15 is 0 Å². The number of rotatable bonds is 4. The first kappa shape index (κ1) is 12.9. The number of aliphatic hydroxyl groups is 1. The molecule has 1 aromatic rings. The van der Waals surface area contributed by atoms with E-state index in [1.165, 1.54) is 11.1 Å². The van der Waals surface area contributed by atoms with Gasteiger partial charge in [-0.25, -0.2) is 0 Å². The first-order valence-corrected chi connectivity index (χ1v) is 5.68. The molecule has 0 amide bonds. The van der Waals surface area contributed by atoms with Crippen molar-refractivity contribution >= 4 is 5.78 Å². The van der Waals surface area contributed by atoms with Crippen LogP contribution in [0.15, 0.2) is 18.2 Å². The van der Waals surface area contributed by atoms with Gasteiger partial charge in [-0.1, -0.05) is 32.0 Å². The van der Waals surface area contributed by atoms with Crippen LogP contribution in [0.2, 0.25) is 0 Å². The van der Waals surface area contributed by atoms with Crippen molar-refractivity contribution in [1.29, 1.82) is 0 Å². The van der Waals surface area contributed by atoms with Crippen molar-refractivity contribution in [3.05, 3.63) is 34.9 Å². The van der Waals surface area contributed by atoms with Crippen molar-refractivity contribution in [1.82, 2.24) is 0 Å². The van der Waals surface area contributed by atoms with Crippen LogP contribution in [0.1, 0.15) is 30.5 Å². The van der Waals surface area contributed by atoms with E-state index in [1.807, 2.05) is 45.9 Å². The van der Waals surface area contributed by atoms with E-state index in [4.69, 9.17) is 0 Å². The van der Waals surface area contributed by atoms with Gasteiger partial charge < -0.3 is 5.11 Å². The standard InChI is InChI=1S/C14H20O2/c1-9(2)14(16)13(15)8-12-6-5-10(3)11(4)7-12/h5-7,9,14,16H,8H2,1-4H3. The number of Topliss-reactive ketones (excluding diaryl/α,β-unsaturated/α-hetero) is 1. The highest BCUT2D eigenvalue weighted by Crippen LogP contribution is 2.12. The summed E-state index contributed by atoms with van der Waals surface area (Å²) >= 11 is 0. The number of carbonyl (C=O) groups is 1. The zero-order valence-electron chi connectivity index (χ0n) is 10.4. The fraction of sp³-hybridized carbons (Fsp3) is 0.500. The molecule has 0 radical (unpaired) electrons. The molecule has 0 heterocycles. The zero-order valence-corrected chi connectivity index (χ0v) is 10.4. The monoisotopic (exact) mass is 220 g/mol. The van der Waals surface area contributed by atoms with Crippen LogP contribution in [-0.2, 0) is 11.2 Å². The molecule has 0 saturated heterocycles. The van der Waals surface area contributed by atoms with E-state index in [2.05, 4.69) is 0 Å². The summed E-state index contributed by atoms with van der Waals surface area (Å²) in [4.78, 5) is 11.7. The molecular weight excluding hydrogens is 200 g/mol. The summed E-state index contributed by atoms with van der Waals surface area (Å²) in [7, 11) is 0. The number of aryl methyl sites for hydroxylation is 2. The molecule has 1 N–H and O–H groups in total. The fourth-order valence-electron chi connectivity index (χ4n) is 1.59. The molecule has 2 heteroatoms. The smallest absolute Gasteiger partial charge is 0.165 e. The Bertz CT molecular complexity index is 380. The van der Waals surface area contributed by atoms with E-state index in [0.717, 1.165) is 5.56 Å². The first-order chi connectivity index (χ1) is 7.41. The van der Waals surface area contributed by atoms with Crippen molar-refractivity contribution in [2.45, 2.75) is 40.2 Å². The Morgan fingerprint density at radius 2 is 1.88 bits per heavy atom. The Morgan fingerprint density at radius 1 is 1.25 bits per heavy atom. The molecule has 0 fully saturated rings. The maximum absolute atomic E-state index is 11.7. The summed E-state index contributed by atoms with van der Waals surface area (Å²) in [5, 5.41) is 9.63. The molecule has 1 unspecified atom stereocenters. The van der Waals surface area contributed by atoms with Crippen molar-refractivity contribution < 1.29 is 9.90 Å². The number of benzene rings is 1. The molecule has 1 atom stereocenters. The maximum Gasteiger partial charge on any atom is 0.165 e. The van der Waals surface area contributed by atoms with Crippen LogP contribution >= 0.6 is 0 Å². The molecule has 0 aromatic heterocycles. The van der Waals surface area contributed by atoms with E-state index in [-0.39, 0.29) is 11.7 Å². The molecule has 1 rings (SSSR count). The molecular formula is C14H20O2. The van der Waals surface area contributed by atoms with Gasteiger partial charge in [0.1, 0.15) is 6.10 Å². The van der Waals surface area contributed by atoms with E-state index < -0.39 is 6.10 Å². The number of hydrogen-bond donors (Lipinski definition) is 1. The summed E-state index contributed by atoms with van der Waals surface area (Å²) in [6, 6.07) is 5.98. The normalized spacial score (nSPS) is 12.9. The zero-order chi connectivity index (χ0) is 12.3. The second kappa shape index (κ2) is 5.26. The molecule has 0 aliphatic carbocycles. The van der Waals surface area contributed by atoms with Crippen LogP contribution in [0.3, 0.4) is 0 Å². The Labute approximate surface area is 97.3 Å². The van der Waals surface area contributed by atoms with Crippen LogP contribution in [0, 0.1) is 19.8 Å². The van der Waals surface area contributed by atoms with Crippen molar-refractivity contribution in [3.8, 4) is 0 Å². The molecule has 0 saturated carbocycles. The van der Waals surface area contributed by atoms with Gasteiger partial charge in [-0.2, -0.15) is 0 Å². The molecule has 16 heavy (non-hydrogen) atoms. The molecule has 1 aromatic carbocycles. The van der Waals surface area contributed by atoms with E-state index in [9.17, 15) is 9.90 Å². The third-order valence-electron chi connectivity index (χ3n) is 2.91. The van der Waals surface area contributed by atoms with Gasteiger partial charge in [-0.05, 0) is 36.5 Å². The molecule has 0 bridgehead atoms. The summed E-state index contributed by atoms with van der Waals surface area (Å²) in [6.45, 7) is 7.78. The molecule has 2 nitrogen and oxygen atoms in total. The first-order valence-electron chi connectivity index (χ1n) is 5.68. The minimum absolute atomic E-state index is 0.0148. The summed E-state index contributed by atoms with van der Waals surface area (Å²) in [5.74, 6) is -0.114. The lowest BCUT2D eigenvalue weighted by Gasteiger charge is -2.13. The van der Waals surface area contributed by atoms with Gasteiger partial charge in [0, 0.05) is 6.42 Å². The predicted molar refractivity (Wildman–Crippen MR) is 65.5 cm³/mol. The summed E-state index contributed by atoms with van der Waals surface area (Å²) < 4.78 is 0. The number of ketones is 1. The number of aliphatic hydroxyl groups excluding tert-OH is 1. The highest BCUT2D eigenvalue weighted by atomic mass is 16.3. The van der Waals surface area contributed by atoms with Gasteiger partial charge in [-0.3, -0.25) is 4.79 Å². The van der Waals surface area contributed by atoms with Crippen LogP contribution in [0.25, 0.3) is 0 Å².